The van der Waals surface area contributed by atoms with Crippen molar-refractivity contribution in [1.29, 1.82) is 0 Å². The lowest BCUT2D eigenvalue weighted by molar-refractivity contribution is 0.298. The Balaban J connectivity index is 1.92. The summed E-state index contributed by atoms with van der Waals surface area (Å²) in [7, 11) is 0. The topological polar surface area (TPSA) is 73.1 Å². The van der Waals surface area contributed by atoms with Gasteiger partial charge in [-0.25, -0.2) is 10.8 Å². The number of anilines is 1. The number of nitrogen functional groups attached to an aromatic ring is 1. The number of nitrogens with one attached hydrogen (secondary N) is 1. The van der Waals surface area contributed by atoms with E-state index in [4.69, 9.17) is 10.6 Å². The molecule has 21 heavy (non-hydrogen) atoms. The van der Waals surface area contributed by atoms with Crippen molar-refractivity contribution < 1.29 is 4.74 Å². The molecule has 108 valence electrons. The molecule has 0 saturated heterocycles. The Morgan fingerprint density at radius 3 is 2.95 bits per heavy atom. The molecule has 3 rings (SSSR count). The molecule has 0 amide bonds. The van der Waals surface area contributed by atoms with Gasteiger partial charge in [-0.05, 0) is 30.7 Å². The van der Waals surface area contributed by atoms with Gasteiger partial charge in [0.25, 0.3) is 0 Å². The minimum atomic E-state index is 0.355. The average Bonchev–Trinajstić information content (AvgIpc) is 2.85. The van der Waals surface area contributed by atoms with Crippen molar-refractivity contribution in [2.75, 3.05) is 5.43 Å². The predicted octanol–water partition coefficient (Wildman–Crippen LogP) is 3.63. The lowest BCUT2D eigenvalue weighted by atomic mass is 10.2. The highest BCUT2D eigenvalue weighted by molar-refractivity contribution is 9.10. The number of hydrazine groups is 1. The second-order valence-electron chi connectivity index (χ2n) is 4.49. The maximum absolute atomic E-state index is 5.86. The molecule has 0 radical (unpaired) electrons. The molecule has 0 aliphatic rings. The first kappa shape index (κ1) is 14.2. The van der Waals surface area contributed by atoms with E-state index in [2.05, 4.69) is 31.3 Å². The van der Waals surface area contributed by atoms with Gasteiger partial charge in [0.15, 0.2) is 0 Å². The van der Waals surface area contributed by atoms with Crippen LogP contribution in [0.1, 0.15) is 10.4 Å². The highest BCUT2D eigenvalue weighted by Gasteiger charge is 2.11. The smallest absolute Gasteiger partial charge is 0.241 e. The average molecular weight is 365 g/mol. The molecule has 0 fully saturated rings. The van der Waals surface area contributed by atoms with Gasteiger partial charge >= 0.3 is 0 Å². The third-order valence-corrected chi connectivity index (χ3v) is 4.31. The van der Waals surface area contributed by atoms with Crippen LogP contribution in [0.5, 0.6) is 5.88 Å². The highest BCUT2D eigenvalue weighted by atomic mass is 79.9. The van der Waals surface area contributed by atoms with E-state index >= 15 is 0 Å². The van der Waals surface area contributed by atoms with Gasteiger partial charge < -0.3 is 4.74 Å². The Kier molecular flexibility index (Phi) is 4.05. The first-order valence-corrected chi connectivity index (χ1v) is 7.88. The minimum Gasteiger partial charge on any atom is -0.472 e. The third-order valence-electron chi connectivity index (χ3n) is 2.87. The molecular formula is C14H13BrN4OS. The Morgan fingerprint density at radius 1 is 1.33 bits per heavy atom. The fraction of sp³-hybridized carbons (Fsp3) is 0.143. The summed E-state index contributed by atoms with van der Waals surface area (Å²) < 4.78 is 6.88. The number of aryl methyl sites for hydroxylation is 1. The number of ether oxygens (including phenoxy) is 1. The van der Waals surface area contributed by atoms with E-state index in [0.717, 1.165) is 25.1 Å². The van der Waals surface area contributed by atoms with E-state index in [1.807, 2.05) is 37.3 Å². The van der Waals surface area contributed by atoms with E-state index in [-0.39, 0.29) is 0 Å². The van der Waals surface area contributed by atoms with Crippen LogP contribution < -0.4 is 16.0 Å². The van der Waals surface area contributed by atoms with Crippen LogP contribution in [-0.2, 0) is 6.61 Å². The predicted molar refractivity (Wildman–Crippen MR) is 88.4 cm³/mol. The van der Waals surface area contributed by atoms with Crippen LogP contribution in [0.15, 0.2) is 34.8 Å². The number of halogens is 1. The van der Waals surface area contributed by atoms with Crippen LogP contribution in [0.4, 0.5) is 5.95 Å². The van der Waals surface area contributed by atoms with Gasteiger partial charge in [0.2, 0.25) is 11.8 Å². The van der Waals surface area contributed by atoms with E-state index < -0.39 is 0 Å². The maximum atomic E-state index is 5.86. The quantitative estimate of drug-likeness (QED) is 0.546. The summed E-state index contributed by atoms with van der Waals surface area (Å²) >= 11 is 5.03. The van der Waals surface area contributed by atoms with Crippen LogP contribution in [0.3, 0.4) is 0 Å². The molecule has 7 heteroatoms. The van der Waals surface area contributed by atoms with Gasteiger partial charge in [0, 0.05) is 9.35 Å². The van der Waals surface area contributed by atoms with E-state index in [0.29, 0.717) is 18.4 Å². The molecule has 0 aliphatic heterocycles. The Labute approximate surface area is 134 Å². The van der Waals surface area contributed by atoms with Gasteiger partial charge in [-0.3, -0.25) is 5.43 Å². The molecule has 3 N–H and O–H groups in total. The van der Waals surface area contributed by atoms with Crippen molar-refractivity contribution >= 4 is 43.4 Å². The monoisotopic (exact) mass is 364 g/mol. The van der Waals surface area contributed by atoms with Crippen molar-refractivity contribution in [2.24, 2.45) is 5.84 Å². The second kappa shape index (κ2) is 5.97. The molecule has 0 atom stereocenters. The van der Waals surface area contributed by atoms with E-state index in [1.165, 1.54) is 0 Å². The highest BCUT2D eigenvalue weighted by Crippen LogP contribution is 2.31. The van der Waals surface area contributed by atoms with Gasteiger partial charge in [0.1, 0.15) is 11.4 Å². The lowest BCUT2D eigenvalue weighted by Gasteiger charge is -2.08. The number of benzene rings is 1. The molecule has 2 heterocycles. The van der Waals surface area contributed by atoms with Crippen LogP contribution in [0, 0.1) is 6.92 Å². The molecule has 5 nitrogen and oxygen atoms in total. The molecule has 0 unspecified atom stereocenters. The standard InChI is InChI=1S/C14H13BrN4OS/c1-8-5-11-12(17-14(19-16)18-13(11)21-8)20-7-9-3-2-4-10(15)6-9/h2-6H,7,16H2,1H3,(H,17,18,19). The normalized spacial score (nSPS) is 10.8. The van der Waals surface area contributed by atoms with Crippen LogP contribution in [0.25, 0.3) is 10.2 Å². The molecule has 0 saturated carbocycles. The van der Waals surface area contributed by atoms with Gasteiger partial charge in [-0.2, -0.15) is 4.98 Å². The lowest BCUT2D eigenvalue weighted by Crippen LogP contribution is -2.11. The number of aromatic nitrogens is 2. The van der Waals surface area contributed by atoms with Crippen molar-refractivity contribution in [3.05, 3.63) is 45.2 Å². The number of rotatable bonds is 4. The molecule has 2 aromatic heterocycles. The summed E-state index contributed by atoms with van der Waals surface area (Å²) in [4.78, 5) is 10.6. The minimum absolute atomic E-state index is 0.355. The number of hydrogen-bond donors (Lipinski definition) is 2. The SMILES string of the molecule is Cc1cc2c(OCc3cccc(Br)c3)nc(NN)nc2s1. The van der Waals surface area contributed by atoms with Crippen LogP contribution in [0.2, 0.25) is 0 Å². The van der Waals surface area contributed by atoms with Gasteiger partial charge in [-0.1, -0.05) is 28.1 Å². The number of thiophene rings is 1. The van der Waals surface area contributed by atoms with Crippen LogP contribution >= 0.6 is 27.3 Å². The summed E-state index contributed by atoms with van der Waals surface area (Å²) in [5, 5.41) is 0.909. The maximum Gasteiger partial charge on any atom is 0.241 e. The van der Waals surface area contributed by atoms with Crippen molar-refractivity contribution in [2.45, 2.75) is 13.5 Å². The zero-order chi connectivity index (χ0) is 14.8. The summed E-state index contributed by atoms with van der Waals surface area (Å²) in [5.74, 6) is 6.31. The molecule has 3 aromatic rings. The molecule has 0 aliphatic carbocycles. The Bertz CT molecular complexity index is 790. The zero-order valence-corrected chi connectivity index (χ0v) is 13.7. The number of fused-ring (bicyclic) bond motifs is 1. The van der Waals surface area contributed by atoms with Crippen molar-refractivity contribution in [3.8, 4) is 5.88 Å². The summed E-state index contributed by atoms with van der Waals surface area (Å²) in [6.07, 6.45) is 0. The fourth-order valence-corrected chi connectivity index (χ4v) is 3.29. The first-order chi connectivity index (χ1) is 10.2. The summed E-state index contributed by atoms with van der Waals surface area (Å²) in [6, 6.07) is 9.99. The summed E-state index contributed by atoms with van der Waals surface area (Å²) in [6.45, 7) is 2.46. The molecule has 0 spiro atoms. The second-order valence-corrected chi connectivity index (χ2v) is 6.64. The zero-order valence-electron chi connectivity index (χ0n) is 11.3. The van der Waals surface area contributed by atoms with Crippen LogP contribution in [-0.4, -0.2) is 9.97 Å². The number of nitrogens with zero attached hydrogens (tertiary/aromatic N) is 2. The van der Waals surface area contributed by atoms with Gasteiger partial charge in [0.05, 0.1) is 5.39 Å². The molecule has 0 bridgehead atoms. The molecule has 1 aromatic carbocycles. The Hall–Kier alpha value is -1.70. The fourth-order valence-electron chi connectivity index (χ4n) is 1.97. The number of nitrogens with two attached hydrogens (primary N) is 1. The van der Waals surface area contributed by atoms with E-state index in [1.54, 1.807) is 11.3 Å². The Morgan fingerprint density at radius 2 is 2.19 bits per heavy atom. The first-order valence-electron chi connectivity index (χ1n) is 6.28. The van der Waals surface area contributed by atoms with Crippen molar-refractivity contribution in [1.82, 2.24) is 9.97 Å². The largest absolute Gasteiger partial charge is 0.472 e. The van der Waals surface area contributed by atoms with Gasteiger partial charge in [-0.15, -0.1) is 11.3 Å². The summed E-state index contributed by atoms with van der Waals surface area (Å²) in [5.41, 5.74) is 3.53. The third kappa shape index (κ3) is 3.15. The van der Waals surface area contributed by atoms with Crippen molar-refractivity contribution in [3.63, 3.8) is 0 Å². The molecular weight excluding hydrogens is 352 g/mol. The van der Waals surface area contributed by atoms with E-state index in [9.17, 15) is 0 Å². The number of hydrogen-bond acceptors (Lipinski definition) is 6.